The summed E-state index contributed by atoms with van der Waals surface area (Å²) in [6.45, 7) is 5.30. The van der Waals surface area contributed by atoms with E-state index in [0.717, 1.165) is 50.3 Å². The summed E-state index contributed by atoms with van der Waals surface area (Å²) in [6.07, 6.45) is 1.49. The summed E-state index contributed by atoms with van der Waals surface area (Å²) in [4.78, 5) is 15.7. The summed E-state index contributed by atoms with van der Waals surface area (Å²) < 4.78 is 65.9. The number of piperidine rings is 1. The first-order chi connectivity index (χ1) is 22.7. The number of fused-ring (bicyclic) bond motifs is 2. The van der Waals surface area contributed by atoms with Crippen LogP contribution in [0.2, 0.25) is 5.02 Å². The van der Waals surface area contributed by atoms with Crippen LogP contribution in [0, 0.1) is 5.82 Å². The molecule has 0 radical (unpaired) electrons. The van der Waals surface area contributed by atoms with E-state index >= 15 is 0 Å². The third-order valence-corrected chi connectivity index (χ3v) is 9.39. The first-order valence-electron chi connectivity index (χ1n) is 15.5. The lowest BCUT2D eigenvalue weighted by molar-refractivity contribution is -0.0712. The zero-order chi connectivity index (χ0) is 32.3. The Labute approximate surface area is 272 Å². The average molecular weight is 667 g/mol. The lowest BCUT2D eigenvalue weighted by atomic mass is 9.88. The van der Waals surface area contributed by atoms with Gasteiger partial charge in [-0.1, -0.05) is 28.9 Å². The van der Waals surface area contributed by atoms with Crippen LogP contribution in [0.25, 0.3) is 22.6 Å². The Hall–Kier alpha value is -4.20. The van der Waals surface area contributed by atoms with Crippen LogP contribution in [0.15, 0.2) is 53.2 Å². The van der Waals surface area contributed by atoms with Gasteiger partial charge in [0.05, 0.1) is 24.8 Å². The molecule has 244 valence electrons. The number of hydrogen-bond acceptors (Lipinski definition) is 9. The maximum Gasteiger partial charge on any atom is 0.315 e. The molecule has 5 aromatic rings. The quantitative estimate of drug-likeness (QED) is 0.173. The molecule has 0 spiro atoms. The van der Waals surface area contributed by atoms with Crippen molar-refractivity contribution in [2.24, 2.45) is 0 Å². The summed E-state index contributed by atoms with van der Waals surface area (Å²) in [5.74, 6) is -0.183. The zero-order valence-electron chi connectivity index (χ0n) is 25.3. The van der Waals surface area contributed by atoms with Gasteiger partial charge in [-0.3, -0.25) is 4.90 Å². The molecule has 0 saturated carbocycles. The van der Waals surface area contributed by atoms with Crippen molar-refractivity contribution in [2.45, 2.75) is 63.5 Å². The van der Waals surface area contributed by atoms with E-state index < -0.39 is 23.9 Å². The number of rotatable bonds is 8. The second kappa shape index (κ2) is 11.8. The number of imidazole rings is 1. The van der Waals surface area contributed by atoms with E-state index in [4.69, 9.17) is 30.8 Å². The van der Waals surface area contributed by atoms with Crippen LogP contribution in [0.4, 0.5) is 13.2 Å². The highest BCUT2D eigenvalue weighted by atomic mass is 35.5. The number of aromatic nitrogens is 5. The monoisotopic (exact) mass is 666 g/mol. The molecule has 0 amide bonds. The zero-order valence-corrected chi connectivity index (χ0v) is 26.1. The van der Waals surface area contributed by atoms with Crippen LogP contribution in [-0.4, -0.2) is 55.4 Å². The highest BCUT2D eigenvalue weighted by Crippen LogP contribution is 2.50. The van der Waals surface area contributed by atoms with Crippen molar-refractivity contribution in [1.29, 1.82) is 0 Å². The second-order valence-electron chi connectivity index (χ2n) is 12.2. The minimum absolute atomic E-state index is 0.0376. The fourth-order valence-electron chi connectivity index (χ4n) is 6.60. The Balaban J connectivity index is 0.997. The Morgan fingerprint density at radius 3 is 2.62 bits per heavy atom. The van der Waals surface area contributed by atoms with Gasteiger partial charge < -0.3 is 23.3 Å². The van der Waals surface area contributed by atoms with E-state index in [2.05, 4.69) is 35.2 Å². The Morgan fingerprint density at radius 1 is 1.06 bits per heavy atom. The van der Waals surface area contributed by atoms with Gasteiger partial charge in [-0.15, -0.1) is 0 Å². The molecule has 2 atom stereocenters. The van der Waals surface area contributed by atoms with Crippen LogP contribution in [-0.2, 0) is 23.6 Å². The smallest absolute Gasteiger partial charge is 0.315 e. The molecule has 2 saturated heterocycles. The second-order valence-corrected chi connectivity index (χ2v) is 12.7. The van der Waals surface area contributed by atoms with Gasteiger partial charge in [0.1, 0.15) is 17.2 Å². The molecular formula is C33H30ClF3N6O4. The van der Waals surface area contributed by atoms with Gasteiger partial charge in [0.15, 0.2) is 17.1 Å². The Kier molecular flexibility index (Phi) is 7.57. The van der Waals surface area contributed by atoms with E-state index in [0.29, 0.717) is 46.3 Å². The topological polar surface area (TPSA) is 101 Å². The van der Waals surface area contributed by atoms with Crippen molar-refractivity contribution in [1.82, 2.24) is 29.6 Å². The largest absolute Gasteiger partial charge is 0.444 e. The molecule has 1 unspecified atom stereocenters. The van der Waals surface area contributed by atoms with Crippen molar-refractivity contribution in [3.05, 3.63) is 82.3 Å². The van der Waals surface area contributed by atoms with E-state index in [-0.39, 0.29) is 23.4 Å². The summed E-state index contributed by atoms with van der Waals surface area (Å²) in [7, 11) is 0. The first kappa shape index (κ1) is 30.2. The predicted octanol–water partition coefficient (Wildman–Crippen LogP) is 7.02. The fraction of sp³-hybridized carbons (Fsp3) is 0.394. The summed E-state index contributed by atoms with van der Waals surface area (Å²) in [5, 5.41) is 3.99. The highest BCUT2D eigenvalue weighted by molar-refractivity contribution is 6.30. The Morgan fingerprint density at radius 2 is 1.89 bits per heavy atom. The lowest BCUT2D eigenvalue weighted by Crippen LogP contribution is -2.35. The number of halogens is 4. The Bertz CT molecular complexity index is 1960. The van der Waals surface area contributed by atoms with E-state index in [1.54, 1.807) is 31.3 Å². The van der Waals surface area contributed by atoms with Crippen LogP contribution in [0.5, 0.6) is 11.5 Å². The van der Waals surface area contributed by atoms with Gasteiger partial charge in [-0.2, -0.15) is 13.8 Å². The molecule has 0 bridgehead atoms. The van der Waals surface area contributed by atoms with Gasteiger partial charge in [-0.25, -0.2) is 14.4 Å². The van der Waals surface area contributed by atoms with Gasteiger partial charge in [0, 0.05) is 35.9 Å². The van der Waals surface area contributed by atoms with Gasteiger partial charge in [0.25, 0.3) is 11.7 Å². The van der Waals surface area contributed by atoms with Gasteiger partial charge >= 0.3 is 6.43 Å². The lowest BCUT2D eigenvalue weighted by Gasteiger charge is -2.33. The number of pyridine rings is 1. The molecule has 47 heavy (non-hydrogen) atoms. The van der Waals surface area contributed by atoms with Crippen molar-refractivity contribution in [2.75, 3.05) is 19.7 Å². The predicted molar refractivity (Wildman–Crippen MR) is 164 cm³/mol. The molecule has 0 aliphatic carbocycles. The molecule has 3 aliphatic rings. The number of hydrogen-bond donors (Lipinski definition) is 0. The fourth-order valence-corrected chi connectivity index (χ4v) is 6.76. The van der Waals surface area contributed by atoms with Gasteiger partial charge in [0.2, 0.25) is 5.82 Å². The molecule has 8 rings (SSSR count). The van der Waals surface area contributed by atoms with Crippen LogP contribution >= 0.6 is 11.6 Å². The number of alkyl halides is 2. The molecule has 14 heteroatoms. The molecule has 2 fully saturated rings. The first-order valence-corrected chi connectivity index (χ1v) is 15.9. The normalized spacial score (nSPS) is 21.5. The number of benzene rings is 2. The van der Waals surface area contributed by atoms with Crippen molar-refractivity contribution in [3.63, 3.8) is 0 Å². The summed E-state index contributed by atoms with van der Waals surface area (Å²) >= 11 is 5.98. The van der Waals surface area contributed by atoms with E-state index in [1.807, 2.05) is 12.1 Å². The summed E-state index contributed by atoms with van der Waals surface area (Å²) in [5.41, 5.74) is 3.08. The van der Waals surface area contributed by atoms with Crippen LogP contribution in [0.1, 0.15) is 61.4 Å². The van der Waals surface area contributed by atoms with Crippen LogP contribution < -0.4 is 9.47 Å². The minimum atomic E-state index is -2.85. The van der Waals surface area contributed by atoms with Gasteiger partial charge in [-0.05, 0) is 68.6 Å². The number of likely N-dealkylation sites (tertiary alicyclic amines) is 1. The molecule has 6 heterocycles. The number of para-hydroxylation sites is 1. The highest BCUT2D eigenvalue weighted by Gasteiger charge is 2.43. The number of nitrogens with zero attached hydrogens (tertiary/aromatic N) is 6. The third kappa shape index (κ3) is 5.59. The minimum Gasteiger partial charge on any atom is -0.444 e. The van der Waals surface area contributed by atoms with Crippen molar-refractivity contribution in [3.8, 4) is 22.9 Å². The molecule has 3 aromatic heterocycles. The van der Waals surface area contributed by atoms with Crippen molar-refractivity contribution >= 4 is 22.8 Å². The molecule has 0 N–H and O–H groups in total. The molecule has 10 nitrogen and oxygen atoms in total. The number of ether oxygens (including phenoxy) is 3. The maximum atomic E-state index is 14.9. The third-order valence-electron chi connectivity index (χ3n) is 9.15. The standard InChI is InChI=1S/C33H30ClF3N6O4/c1-33(23-6-5-20(34)14-24(23)35)45-26-4-2-3-22(28(26)46-33)18-7-10-42(11-8-18)17-27-39-25-13-19(30-40-32(29(36)37)47-41-30)15-38-31(25)43(27)16-21-9-12-44-21/h2-6,13-15,18,21,29H,7-12,16-17H2,1H3/t21-,33?/m0/s1. The van der Waals surface area contributed by atoms with Crippen molar-refractivity contribution < 1.29 is 31.9 Å². The average Bonchev–Trinajstić information content (AvgIpc) is 3.74. The SMILES string of the molecule is CC1(c2ccc(Cl)cc2F)Oc2cccc(C3CCN(Cc4nc5cc(-c6noc(C(F)F)n6)cnc5n4C[C@@H]4CCO4)CC3)c2O1. The molecule has 2 aromatic carbocycles. The molecule has 3 aliphatic heterocycles. The van der Waals surface area contributed by atoms with E-state index in [1.165, 1.54) is 6.07 Å². The summed E-state index contributed by atoms with van der Waals surface area (Å²) in [6, 6.07) is 12.1. The molecular weight excluding hydrogens is 637 g/mol. The van der Waals surface area contributed by atoms with Crippen LogP contribution in [0.3, 0.4) is 0 Å². The maximum absolute atomic E-state index is 14.9. The van der Waals surface area contributed by atoms with E-state index in [9.17, 15) is 13.2 Å².